The third-order valence-corrected chi connectivity index (χ3v) is 5.00. The number of benzene rings is 1. The van der Waals surface area contributed by atoms with Gasteiger partial charge in [0.1, 0.15) is 0 Å². The van der Waals surface area contributed by atoms with Crippen LogP contribution in [0.3, 0.4) is 0 Å². The van der Waals surface area contributed by atoms with E-state index in [9.17, 15) is 4.21 Å². The number of hydrogen-bond acceptors (Lipinski definition) is 2. The topological polar surface area (TPSA) is 29.1 Å². The van der Waals surface area contributed by atoms with Crippen molar-refractivity contribution in [3.63, 3.8) is 0 Å². The van der Waals surface area contributed by atoms with Crippen molar-refractivity contribution < 1.29 is 4.21 Å². The third kappa shape index (κ3) is 5.51. The molecule has 2 unspecified atom stereocenters. The van der Waals surface area contributed by atoms with Gasteiger partial charge in [-0.3, -0.25) is 4.21 Å². The van der Waals surface area contributed by atoms with Crippen LogP contribution in [0.4, 0.5) is 0 Å². The largest absolute Gasteiger partial charge is 0.313 e. The molecule has 0 aromatic heterocycles. The maximum absolute atomic E-state index is 11.2. The van der Waals surface area contributed by atoms with Gasteiger partial charge < -0.3 is 5.32 Å². The fraction of sp³-hybridized carbons (Fsp3) is 0.500. The predicted molar refractivity (Wildman–Crippen MR) is 79.0 cm³/mol. The third-order valence-electron chi connectivity index (χ3n) is 2.62. The highest BCUT2D eigenvalue weighted by atomic mass is 79.9. The molecule has 2 nitrogen and oxygen atoms in total. The van der Waals surface area contributed by atoms with Gasteiger partial charge in [0.2, 0.25) is 0 Å². The summed E-state index contributed by atoms with van der Waals surface area (Å²) in [5.41, 5.74) is 1.14. The Kier molecular flexibility index (Phi) is 6.70. The molecule has 0 radical (unpaired) electrons. The zero-order valence-electron chi connectivity index (χ0n) is 10.0. The summed E-state index contributed by atoms with van der Waals surface area (Å²) in [6.07, 6.45) is 2.67. The molecule has 0 fully saturated rings. The molecule has 0 aliphatic rings. The highest BCUT2D eigenvalue weighted by molar-refractivity contribution is 9.10. The number of hydrogen-bond donors (Lipinski definition) is 1. The lowest BCUT2D eigenvalue weighted by Crippen LogP contribution is -2.21. The lowest BCUT2D eigenvalue weighted by molar-refractivity contribution is 0.628. The molecular formula is C12H17BrClNOS. The number of halogens is 2. The molecule has 0 saturated heterocycles. The number of nitrogens with one attached hydrogen (secondary N) is 1. The normalized spacial score (nSPS) is 14.6. The van der Waals surface area contributed by atoms with Crippen LogP contribution in [-0.4, -0.2) is 22.3 Å². The van der Waals surface area contributed by atoms with Crippen molar-refractivity contribution in [3.05, 3.63) is 33.3 Å². The Hall–Kier alpha value is 0.1000. The Morgan fingerprint density at radius 2 is 2.24 bits per heavy atom. The van der Waals surface area contributed by atoms with Crippen LogP contribution < -0.4 is 5.32 Å². The molecule has 0 aliphatic heterocycles. The van der Waals surface area contributed by atoms with Crippen LogP contribution in [0.2, 0.25) is 5.02 Å². The Bertz CT molecular complexity index is 400. The van der Waals surface area contributed by atoms with E-state index >= 15 is 0 Å². The van der Waals surface area contributed by atoms with E-state index in [2.05, 4.69) is 21.2 Å². The molecule has 0 amide bonds. The van der Waals surface area contributed by atoms with E-state index in [0.29, 0.717) is 0 Å². The van der Waals surface area contributed by atoms with Gasteiger partial charge in [0.25, 0.3) is 0 Å². The molecule has 1 aromatic rings. The Labute approximate surface area is 119 Å². The summed E-state index contributed by atoms with van der Waals surface area (Å²) in [7, 11) is -0.737. The fourth-order valence-corrected chi connectivity index (χ4v) is 2.40. The van der Waals surface area contributed by atoms with Crippen LogP contribution in [-0.2, 0) is 17.3 Å². The molecular weight excluding hydrogens is 322 g/mol. The van der Waals surface area contributed by atoms with Crippen molar-refractivity contribution in [2.24, 2.45) is 0 Å². The van der Waals surface area contributed by atoms with Crippen molar-refractivity contribution >= 4 is 38.3 Å². The predicted octanol–water partition coefficient (Wildman–Crippen LogP) is 3.35. The molecule has 96 valence electrons. The van der Waals surface area contributed by atoms with Crippen LogP contribution in [0, 0.1) is 0 Å². The molecule has 1 N–H and O–H groups in total. The first-order valence-corrected chi connectivity index (χ1v) is 8.27. The van der Waals surface area contributed by atoms with Crippen LogP contribution in [0.15, 0.2) is 22.7 Å². The molecule has 5 heteroatoms. The lowest BCUT2D eigenvalue weighted by atomic mass is 10.2. The summed E-state index contributed by atoms with van der Waals surface area (Å²) >= 11 is 9.42. The van der Waals surface area contributed by atoms with E-state index in [4.69, 9.17) is 11.6 Å². The zero-order valence-corrected chi connectivity index (χ0v) is 13.2. The minimum Gasteiger partial charge on any atom is -0.313 e. The van der Waals surface area contributed by atoms with Crippen molar-refractivity contribution in [2.75, 3.05) is 12.8 Å². The van der Waals surface area contributed by atoms with Crippen LogP contribution in [0.25, 0.3) is 0 Å². The standard InChI is InChI=1S/C12H17BrClNOS/c1-9(17(2)16)5-6-15-8-10-7-11(14)3-4-12(10)13/h3-4,7,9,15H,5-6,8H2,1-2H3. The van der Waals surface area contributed by atoms with Gasteiger partial charge in [-0.05, 0) is 36.7 Å². The highest BCUT2D eigenvalue weighted by Crippen LogP contribution is 2.20. The minimum absolute atomic E-state index is 0.241. The van der Waals surface area contributed by atoms with Gasteiger partial charge in [-0.1, -0.05) is 34.5 Å². The second-order valence-corrected chi connectivity index (χ2v) is 7.10. The van der Waals surface area contributed by atoms with E-state index in [1.807, 2.05) is 25.1 Å². The zero-order chi connectivity index (χ0) is 12.8. The first-order valence-electron chi connectivity index (χ1n) is 5.47. The average Bonchev–Trinajstić information content (AvgIpc) is 2.28. The highest BCUT2D eigenvalue weighted by Gasteiger charge is 2.05. The van der Waals surface area contributed by atoms with E-state index in [-0.39, 0.29) is 5.25 Å². The summed E-state index contributed by atoms with van der Waals surface area (Å²) in [6, 6.07) is 5.75. The van der Waals surface area contributed by atoms with Gasteiger partial charge in [0.15, 0.2) is 0 Å². The maximum Gasteiger partial charge on any atom is 0.0410 e. The smallest absolute Gasteiger partial charge is 0.0410 e. The summed E-state index contributed by atoms with van der Waals surface area (Å²) < 4.78 is 12.2. The molecule has 2 atom stereocenters. The van der Waals surface area contributed by atoms with Crippen LogP contribution in [0.5, 0.6) is 0 Å². The average molecular weight is 339 g/mol. The van der Waals surface area contributed by atoms with Gasteiger partial charge in [0, 0.05) is 38.3 Å². The molecule has 0 heterocycles. The van der Waals surface area contributed by atoms with Crippen molar-refractivity contribution in [1.82, 2.24) is 5.32 Å². The van der Waals surface area contributed by atoms with Crippen molar-refractivity contribution in [3.8, 4) is 0 Å². The van der Waals surface area contributed by atoms with Crippen LogP contribution >= 0.6 is 27.5 Å². The minimum atomic E-state index is -0.737. The van der Waals surface area contributed by atoms with E-state index in [0.717, 1.165) is 34.6 Å². The summed E-state index contributed by atoms with van der Waals surface area (Å²) in [5.74, 6) is 0. The van der Waals surface area contributed by atoms with Crippen molar-refractivity contribution in [2.45, 2.75) is 25.1 Å². The van der Waals surface area contributed by atoms with Gasteiger partial charge in [0.05, 0.1) is 0 Å². The molecule has 0 saturated carbocycles. The van der Waals surface area contributed by atoms with E-state index in [1.54, 1.807) is 6.26 Å². The number of rotatable bonds is 6. The van der Waals surface area contributed by atoms with E-state index < -0.39 is 10.8 Å². The van der Waals surface area contributed by atoms with Gasteiger partial charge in [-0.25, -0.2) is 0 Å². The molecule has 17 heavy (non-hydrogen) atoms. The van der Waals surface area contributed by atoms with Crippen LogP contribution in [0.1, 0.15) is 18.9 Å². The quantitative estimate of drug-likeness (QED) is 0.806. The van der Waals surface area contributed by atoms with Gasteiger partial charge in [-0.2, -0.15) is 0 Å². The molecule has 0 spiro atoms. The van der Waals surface area contributed by atoms with Gasteiger partial charge >= 0.3 is 0 Å². The first-order chi connectivity index (χ1) is 8.00. The van der Waals surface area contributed by atoms with E-state index in [1.165, 1.54) is 0 Å². The molecule has 0 aliphatic carbocycles. The Balaban J connectivity index is 2.36. The maximum atomic E-state index is 11.2. The molecule has 1 aromatic carbocycles. The summed E-state index contributed by atoms with van der Waals surface area (Å²) in [6.45, 7) is 3.64. The first kappa shape index (κ1) is 15.2. The lowest BCUT2D eigenvalue weighted by Gasteiger charge is -2.10. The van der Waals surface area contributed by atoms with Crippen molar-refractivity contribution in [1.29, 1.82) is 0 Å². The molecule has 0 bridgehead atoms. The monoisotopic (exact) mass is 337 g/mol. The van der Waals surface area contributed by atoms with Gasteiger partial charge in [-0.15, -0.1) is 0 Å². The SMILES string of the molecule is CC(CCNCc1cc(Cl)ccc1Br)S(C)=O. The second-order valence-electron chi connectivity index (χ2n) is 4.01. The molecule has 1 rings (SSSR count). The Morgan fingerprint density at radius 1 is 1.53 bits per heavy atom. The second kappa shape index (κ2) is 7.52. The summed E-state index contributed by atoms with van der Waals surface area (Å²) in [5, 5.41) is 4.32. The fourth-order valence-electron chi connectivity index (χ4n) is 1.37. The summed E-state index contributed by atoms with van der Waals surface area (Å²) in [4.78, 5) is 0. The Morgan fingerprint density at radius 3 is 2.88 bits per heavy atom.